The molecule has 0 bridgehead atoms. The molecule has 0 radical (unpaired) electrons. The van der Waals surface area contributed by atoms with E-state index in [1.165, 1.54) is 25.8 Å². The van der Waals surface area contributed by atoms with Crippen LogP contribution in [0.5, 0.6) is 0 Å². The van der Waals surface area contributed by atoms with Crippen LogP contribution in [0.2, 0.25) is 0 Å². The highest BCUT2D eigenvalue weighted by molar-refractivity contribution is 9.10. The molecule has 1 aliphatic carbocycles. The maximum atomic E-state index is 12.8. The maximum Gasteiger partial charge on any atom is 0.167 e. The highest BCUT2D eigenvalue weighted by Gasteiger charge is 2.26. The highest BCUT2D eigenvalue weighted by Crippen LogP contribution is 2.31. The summed E-state index contributed by atoms with van der Waals surface area (Å²) >= 11 is 3.52. The molecule has 1 aromatic carbocycles. The van der Waals surface area contributed by atoms with Gasteiger partial charge in [0, 0.05) is 22.5 Å². The van der Waals surface area contributed by atoms with Crippen molar-refractivity contribution in [2.75, 3.05) is 19.6 Å². The number of halogens is 1. The van der Waals surface area contributed by atoms with Gasteiger partial charge < -0.3 is 4.90 Å². The zero-order valence-corrected chi connectivity index (χ0v) is 15.4. The highest BCUT2D eigenvalue weighted by atomic mass is 79.9. The summed E-state index contributed by atoms with van der Waals surface area (Å²) in [7, 11) is 0. The average Bonchev–Trinajstić information content (AvgIpc) is 2.78. The summed E-state index contributed by atoms with van der Waals surface area (Å²) in [5.41, 5.74) is 0.856. The molecule has 1 saturated carbocycles. The zero-order valence-electron chi connectivity index (χ0n) is 13.9. The summed E-state index contributed by atoms with van der Waals surface area (Å²) in [6.45, 7) is 7.93. The van der Waals surface area contributed by atoms with Crippen LogP contribution in [-0.2, 0) is 0 Å². The van der Waals surface area contributed by atoms with Gasteiger partial charge in [-0.05, 0) is 50.8 Å². The van der Waals surface area contributed by atoms with Crippen LogP contribution in [0, 0.1) is 11.8 Å². The van der Waals surface area contributed by atoms with Gasteiger partial charge >= 0.3 is 0 Å². The molecule has 22 heavy (non-hydrogen) atoms. The third-order valence-corrected chi connectivity index (χ3v) is 5.70. The lowest BCUT2D eigenvalue weighted by Gasteiger charge is -2.24. The topological polar surface area (TPSA) is 20.3 Å². The molecular formula is C19H28BrNO. The van der Waals surface area contributed by atoms with Crippen molar-refractivity contribution in [1.29, 1.82) is 0 Å². The first-order chi connectivity index (χ1) is 10.7. The molecule has 0 amide bonds. The third kappa shape index (κ3) is 4.66. The van der Waals surface area contributed by atoms with Crippen molar-refractivity contribution in [3.63, 3.8) is 0 Å². The van der Waals surface area contributed by atoms with Crippen molar-refractivity contribution in [2.45, 2.75) is 46.0 Å². The van der Waals surface area contributed by atoms with Gasteiger partial charge in [0.25, 0.3) is 0 Å². The Balaban J connectivity index is 1.95. The third-order valence-electron chi connectivity index (χ3n) is 5.01. The summed E-state index contributed by atoms with van der Waals surface area (Å²) in [5, 5.41) is 0. The van der Waals surface area contributed by atoms with Crippen molar-refractivity contribution in [1.82, 2.24) is 4.90 Å². The lowest BCUT2D eigenvalue weighted by atomic mass is 9.90. The smallest absolute Gasteiger partial charge is 0.167 e. The summed E-state index contributed by atoms with van der Waals surface area (Å²) in [6.07, 6.45) is 5.75. The van der Waals surface area contributed by atoms with E-state index in [2.05, 4.69) is 34.7 Å². The van der Waals surface area contributed by atoms with Gasteiger partial charge in [0.1, 0.15) is 0 Å². The standard InChI is InChI=1S/C19H28BrNO/c1-3-21(4-2)14-15-8-7-9-16(13-12-15)19(22)17-10-5-6-11-18(17)20/h5-6,10-11,15-16H,3-4,7-9,12-14H2,1-2H3. The maximum absolute atomic E-state index is 12.8. The van der Waals surface area contributed by atoms with Gasteiger partial charge in [-0.25, -0.2) is 0 Å². The minimum atomic E-state index is 0.209. The second-order valence-corrected chi connectivity index (χ2v) is 7.26. The molecule has 0 heterocycles. The monoisotopic (exact) mass is 365 g/mol. The summed E-state index contributed by atoms with van der Waals surface area (Å²) in [6, 6.07) is 7.84. The van der Waals surface area contributed by atoms with Gasteiger partial charge in [-0.1, -0.05) is 54.4 Å². The van der Waals surface area contributed by atoms with Crippen LogP contribution in [0.1, 0.15) is 56.3 Å². The molecule has 2 unspecified atom stereocenters. The molecule has 0 aromatic heterocycles. The van der Waals surface area contributed by atoms with Crippen molar-refractivity contribution < 1.29 is 4.79 Å². The molecule has 0 N–H and O–H groups in total. The molecule has 122 valence electrons. The molecule has 2 atom stereocenters. The van der Waals surface area contributed by atoms with Crippen LogP contribution in [0.15, 0.2) is 28.7 Å². The summed E-state index contributed by atoms with van der Waals surface area (Å²) < 4.78 is 0.934. The second-order valence-electron chi connectivity index (χ2n) is 6.40. The first kappa shape index (κ1) is 17.7. The summed E-state index contributed by atoms with van der Waals surface area (Å²) in [4.78, 5) is 15.3. The van der Waals surface area contributed by atoms with E-state index in [1.54, 1.807) is 0 Å². The van der Waals surface area contributed by atoms with Crippen molar-refractivity contribution in [3.05, 3.63) is 34.3 Å². The van der Waals surface area contributed by atoms with Crippen LogP contribution in [0.4, 0.5) is 0 Å². The number of hydrogen-bond acceptors (Lipinski definition) is 2. The Morgan fingerprint density at radius 3 is 2.55 bits per heavy atom. The van der Waals surface area contributed by atoms with E-state index in [1.807, 2.05) is 24.3 Å². The van der Waals surface area contributed by atoms with E-state index < -0.39 is 0 Å². The van der Waals surface area contributed by atoms with Crippen LogP contribution in [-0.4, -0.2) is 30.3 Å². The molecule has 3 heteroatoms. The van der Waals surface area contributed by atoms with Gasteiger partial charge in [-0.2, -0.15) is 0 Å². The van der Waals surface area contributed by atoms with Gasteiger partial charge in [0.15, 0.2) is 5.78 Å². The quantitative estimate of drug-likeness (QED) is 0.511. The number of nitrogens with zero attached hydrogens (tertiary/aromatic N) is 1. The first-order valence-corrected chi connectivity index (χ1v) is 9.46. The Morgan fingerprint density at radius 2 is 1.86 bits per heavy atom. The van der Waals surface area contributed by atoms with E-state index in [4.69, 9.17) is 0 Å². The number of benzene rings is 1. The Labute approximate surface area is 143 Å². The van der Waals surface area contributed by atoms with Crippen LogP contribution in [0.3, 0.4) is 0 Å². The predicted octanol–water partition coefficient (Wildman–Crippen LogP) is 5.17. The summed E-state index contributed by atoms with van der Waals surface area (Å²) in [5.74, 6) is 1.30. The Kier molecular flexibility index (Phi) is 7.10. The van der Waals surface area contributed by atoms with Crippen LogP contribution < -0.4 is 0 Å². The molecule has 2 rings (SSSR count). The largest absolute Gasteiger partial charge is 0.304 e. The zero-order chi connectivity index (χ0) is 15.9. The number of Topliss-reactive ketones (excluding diaryl/α,β-unsaturated/α-hetero) is 1. The van der Waals surface area contributed by atoms with E-state index >= 15 is 0 Å². The molecular weight excluding hydrogens is 338 g/mol. The number of carbonyl (C=O) groups excluding carboxylic acids is 1. The molecule has 0 saturated heterocycles. The normalized spacial score (nSPS) is 22.5. The van der Waals surface area contributed by atoms with Gasteiger partial charge in [0.05, 0.1) is 0 Å². The Morgan fingerprint density at radius 1 is 1.14 bits per heavy atom. The fourth-order valence-corrected chi connectivity index (χ4v) is 4.03. The first-order valence-electron chi connectivity index (χ1n) is 8.66. The fraction of sp³-hybridized carbons (Fsp3) is 0.632. The molecule has 0 aliphatic heterocycles. The SMILES string of the molecule is CCN(CC)CC1CCCC(C(=O)c2ccccc2Br)CC1. The molecule has 1 aliphatic rings. The van der Waals surface area contributed by atoms with E-state index in [0.717, 1.165) is 41.9 Å². The van der Waals surface area contributed by atoms with Gasteiger partial charge in [-0.3, -0.25) is 4.79 Å². The predicted molar refractivity (Wildman–Crippen MR) is 96.3 cm³/mol. The molecule has 1 fully saturated rings. The second kappa shape index (κ2) is 8.83. The number of rotatable bonds is 6. The van der Waals surface area contributed by atoms with E-state index in [-0.39, 0.29) is 5.92 Å². The lowest BCUT2D eigenvalue weighted by molar-refractivity contribution is 0.0905. The fourth-order valence-electron chi connectivity index (χ4n) is 3.55. The van der Waals surface area contributed by atoms with E-state index in [0.29, 0.717) is 5.78 Å². The Hall–Kier alpha value is -0.670. The van der Waals surface area contributed by atoms with Gasteiger partial charge in [-0.15, -0.1) is 0 Å². The number of hydrogen-bond donors (Lipinski definition) is 0. The molecule has 2 nitrogen and oxygen atoms in total. The van der Waals surface area contributed by atoms with E-state index in [9.17, 15) is 4.79 Å². The van der Waals surface area contributed by atoms with Crippen molar-refractivity contribution in [2.24, 2.45) is 11.8 Å². The van der Waals surface area contributed by atoms with Crippen LogP contribution >= 0.6 is 15.9 Å². The van der Waals surface area contributed by atoms with Crippen molar-refractivity contribution >= 4 is 21.7 Å². The minimum absolute atomic E-state index is 0.209. The number of ketones is 1. The van der Waals surface area contributed by atoms with Crippen LogP contribution in [0.25, 0.3) is 0 Å². The Bertz CT molecular complexity index is 484. The van der Waals surface area contributed by atoms with Gasteiger partial charge in [0.2, 0.25) is 0 Å². The molecule has 1 aromatic rings. The van der Waals surface area contributed by atoms with Crippen molar-refractivity contribution in [3.8, 4) is 0 Å². The lowest BCUT2D eigenvalue weighted by Crippen LogP contribution is -2.29. The molecule has 0 spiro atoms. The average molecular weight is 366 g/mol. The minimum Gasteiger partial charge on any atom is -0.304 e. The number of carbonyl (C=O) groups is 1.